The van der Waals surface area contributed by atoms with E-state index in [0.29, 0.717) is 17.2 Å². The minimum absolute atomic E-state index is 0.0420. The van der Waals surface area contributed by atoms with Crippen LogP contribution >= 0.6 is 11.6 Å². The largest absolute Gasteiger partial charge is 0.223 e. The summed E-state index contributed by atoms with van der Waals surface area (Å²) in [6, 6.07) is 8.54. The molecule has 0 aliphatic rings. The summed E-state index contributed by atoms with van der Waals surface area (Å²) < 4.78 is 24.6. The molecule has 0 atom stereocenters. The predicted molar refractivity (Wildman–Crippen MR) is 86.0 cm³/mol. The zero-order valence-corrected chi connectivity index (χ0v) is 13.5. The molecular weight excluding hydrogens is 292 g/mol. The first-order valence-corrected chi connectivity index (χ1v) is 8.79. The van der Waals surface area contributed by atoms with E-state index in [4.69, 9.17) is 11.6 Å². The number of allylic oxidation sites excluding steroid dienone is 3. The highest BCUT2D eigenvalue weighted by molar-refractivity contribution is 7.91. The average molecular weight is 313 g/mol. The number of alkyl halides is 1. The van der Waals surface area contributed by atoms with E-state index < -0.39 is 9.84 Å². The molecule has 0 saturated carbocycles. The highest BCUT2D eigenvalue weighted by Gasteiger charge is 2.15. The fourth-order valence-corrected chi connectivity index (χ4v) is 3.50. The van der Waals surface area contributed by atoms with Gasteiger partial charge in [0.05, 0.1) is 10.6 Å². The Hall–Kier alpha value is -1.06. The molecule has 2 nitrogen and oxygen atoms in total. The molecule has 0 radical (unpaired) electrons. The van der Waals surface area contributed by atoms with Gasteiger partial charge in [-0.25, -0.2) is 8.42 Å². The second kappa shape index (κ2) is 8.28. The van der Waals surface area contributed by atoms with E-state index in [2.05, 4.69) is 6.08 Å². The summed E-state index contributed by atoms with van der Waals surface area (Å²) in [6.07, 6.45) is 5.39. The van der Waals surface area contributed by atoms with Crippen LogP contribution in [0.15, 0.2) is 58.5 Å². The second-order valence-corrected chi connectivity index (χ2v) is 7.26. The molecule has 0 saturated heterocycles. The zero-order valence-electron chi connectivity index (χ0n) is 12.0. The Labute approximate surface area is 127 Å². The van der Waals surface area contributed by atoms with Crippen LogP contribution in [0.3, 0.4) is 0 Å². The summed E-state index contributed by atoms with van der Waals surface area (Å²) in [5.41, 5.74) is 2.10. The number of rotatable bonds is 7. The smallest absolute Gasteiger partial charge is 0.182 e. The number of benzene rings is 1. The van der Waals surface area contributed by atoms with Gasteiger partial charge >= 0.3 is 0 Å². The SMILES string of the molecule is CC(C)=CC/C=C(\CCCl)CS(=O)(=O)c1ccccc1. The highest BCUT2D eigenvalue weighted by Crippen LogP contribution is 2.16. The van der Waals surface area contributed by atoms with Crippen LogP contribution < -0.4 is 0 Å². The number of sulfone groups is 1. The van der Waals surface area contributed by atoms with E-state index in [1.807, 2.05) is 26.0 Å². The third-order valence-electron chi connectivity index (χ3n) is 2.83. The van der Waals surface area contributed by atoms with Gasteiger partial charge in [0.25, 0.3) is 0 Å². The van der Waals surface area contributed by atoms with E-state index in [9.17, 15) is 8.42 Å². The fourth-order valence-electron chi connectivity index (χ4n) is 1.77. The van der Waals surface area contributed by atoms with Crippen molar-refractivity contribution in [2.24, 2.45) is 0 Å². The van der Waals surface area contributed by atoms with E-state index in [0.717, 1.165) is 12.0 Å². The van der Waals surface area contributed by atoms with Crippen LogP contribution in [0.25, 0.3) is 0 Å². The van der Waals surface area contributed by atoms with Crippen molar-refractivity contribution in [3.63, 3.8) is 0 Å². The van der Waals surface area contributed by atoms with E-state index >= 15 is 0 Å². The molecule has 0 fully saturated rings. The maximum absolute atomic E-state index is 12.3. The summed E-state index contributed by atoms with van der Waals surface area (Å²) in [5, 5.41) is 0. The van der Waals surface area contributed by atoms with Crippen LogP contribution in [-0.2, 0) is 9.84 Å². The van der Waals surface area contributed by atoms with Gasteiger partial charge in [0.1, 0.15) is 0 Å². The molecule has 0 heterocycles. The third-order valence-corrected chi connectivity index (χ3v) is 4.76. The first kappa shape index (κ1) is 17.0. The Balaban J connectivity index is 2.87. The van der Waals surface area contributed by atoms with Crippen LogP contribution in [0.2, 0.25) is 0 Å². The summed E-state index contributed by atoms with van der Waals surface area (Å²) in [7, 11) is -3.28. The van der Waals surface area contributed by atoms with Gasteiger partial charge in [-0.15, -0.1) is 11.6 Å². The van der Waals surface area contributed by atoms with Gasteiger partial charge in [0.2, 0.25) is 0 Å². The molecule has 110 valence electrons. The van der Waals surface area contributed by atoms with Crippen LogP contribution in [0, 0.1) is 0 Å². The minimum Gasteiger partial charge on any atom is -0.223 e. The molecule has 0 aromatic heterocycles. The average Bonchev–Trinajstić information content (AvgIpc) is 2.39. The maximum atomic E-state index is 12.3. The molecular formula is C16H21ClO2S. The zero-order chi connectivity index (χ0) is 15.0. The van der Waals surface area contributed by atoms with Crippen molar-refractivity contribution in [3.05, 3.63) is 53.6 Å². The van der Waals surface area contributed by atoms with E-state index in [1.54, 1.807) is 24.3 Å². The van der Waals surface area contributed by atoms with Crippen molar-refractivity contribution in [3.8, 4) is 0 Å². The lowest BCUT2D eigenvalue weighted by atomic mass is 10.1. The molecule has 0 amide bonds. The molecule has 1 aromatic carbocycles. The molecule has 1 rings (SSSR count). The Morgan fingerprint density at radius 1 is 1.15 bits per heavy atom. The standard InChI is InChI=1S/C16H21ClO2S/c1-14(2)7-6-8-15(11-12-17)13-20(18,19)16-9-4-3-5-10-16/h3-5,7-10H,6,11-13H2,1-2H3/b15-8+. The molecule has 0 spiro atoms. The van der Waals surface area contributed by atoms with E-state index in [1.165, 1.54) is 5.57 Å². The molecule has 4 heteroatoms. The van der Waals surface area contributed by atoms with Gasteiger partial charge in [-0.1, -0.05) is 41.5 Å². The first-order chi connectivity index (χ1) is 9.45. The predicted octanol–water partition coefficient (Wildman–Crippen LogP) is 4.37. The topological polar surface area (TPSA) is 34.1 Å². The Morgan fingerprint density at radius 3 is 2.35 bits per heavy atom. The van der Waals surface area contributed by atoms with E-state index in [-0.39, 0.29) is 5.75 Å². The minimum atomic E-state index is -3.28. The lowest BCUT2D eigenvalue weighted by molar-refractivity contribution is 0.597. The monoisotopic (exact) mass is 312 g/mol. The van der Waals surface area contributed by atoms with Gasteiger partial charge in [-0.05, 0) is 38.8 Å². The van der Waals surface area contributed by atoms with Crippen molar-refractivity contribution < 1.29 is 8.42 Å². The molecule has 1 aromatic rings. The fraction of sp³-hybridized carbons (Fsp3) is 0.375. The molecule has 0 bridgehead atoms. The molecule has 0 aliphatic heterocycles. The van der Waals surface area contributed by atoms with Gasteiger partial charge in [0.15, 0.2) is 9.84 Å². The van der Waals surface area contributed by atoms with Crippen molar-refractivity contribution in [2.45, 2.75) is 31.6 Å². The summed E-state index contributed by atoms with van der Waals surface area (Å²) in [6.45, 7) is 4.05. The molecule has 0 unspecified atom stereocenters. The van der Waals surface area contributed by atoms with Crippen LogP contribution in [-0.4, -0.2) is 20.1 Å². The lowest BCUT2D eigenvalue weighted by Crippen LogP contribution is -2.09. The number of hydrogen-bond donors (Lipinski definition) is 0. The summed E-state index contributed by atoms with van der Waals surface area (Å²) in [5.74, 6) is 0.477. The molecule has 0 aliphatic carbocycles. The Kier molecular flexibility index (Phi) is 7.03. The highest BCUT2D eigenvalue weighted by atomic mass is 35.5. The van der Waals surface area contributed by atoms with Crippen LogP contribution in [0.5, 0.6) is 0 Å². The molecule has 20 heavy (non-hydrogen) atoms. The Morgan fingerprint density at radius 2 is 1.80 bits per heavy atom. The summed E-state index contributed by atoms with van der Waals surface area (Å²) in [4.78, 5) is 0.364. The van der Waals surface area contributed by atoms with Crippen molar-refractivity contribution in [2.75, 3.05) is 11.6 Å². The number of hydrogen-bond acceptors (Lipinski definition) is 2. The Bertz CT molecular complexity index is 568. The normalized spacial score (nSPS) is 12.2. The van der Waals surface area contributed by atoms with Crippen molar-refractivity contribution in [1.29, 1.82) is 0 Å². The van der Waals surface area contributed by atoms with Crippen LogP contribution in [0.1, 0.15) is 26.7 Å². The second-order valence-electron chi connectivity index (χ2n) is 4.89. The summed E-state index contributed by atoms with van der Waals surface area (Å²) >= 11 is 5.76. The quantitative estimate of drug-likeness (QED) is 0.553. The molecule has 0 N–H and O–H groups in total. The van der Waals surface area contributed by atoms with Gasteiger partial charge < -0.3 is 0 Å². The first-order valence-electron chi connectivity index (χ1n) is 6.61. The van der Waals surface area contributed by atoms with Crippen LogP contribution in [0.4, 0.5) is 0 Å². The van der Waals surface area contributed by atoms with Gasteiger partial charge in [-0.2, -0.15) is 0 Å². The third kappa shape index (κ3) is 5.93. The maximum Gasteiger partial charge on any atom is 0.182 e. The van der Waals surface area contributed by atoms with Gasteiger partial charge in [0, 0.05) is 5.88 Å². The van der Waals surface area contributed by atoms with Gasteiger partial charge in [-0.3, -0.25) is 0 Å². The van der Waals surface area contributed by atoms with Crippen molar-refractivity contribution >= 4 is 21.4 Å². The van der Waals surface area contributed by atoms with Crippen molar-refractivity contribution in [1.82, 2.24) is 0 Å². The number of halogens is 1. The lowest BCUT2D eigenvalue weighted by Gasteiger charge is -2.07.